The molecule has 0 aliphatic rings. The summed E-state index contributed by atoms with van der Waals surface area (Å²) in [6, 6.07) is 11.5. The molecular weight excluding hydrogens is 391 g/mol. The number of aromatic nitrogens is 2. The normalized spacial score (nSPS) is 10.8. The molecule has 30 heavy (non-hydrogen) atoms. The molecule has 2 aromatic carbocycles. The fraction of sp³-hybridized carbons (Fsp3) is 0.318. The SMILES string of the molecule is Cc1ccc(C(C)C)c(OCC(=O)OCc2nc(COc3ccc(F)cc3)no2)c1. The van der Waals surface area contributed by atoms with E-state index in [1.807, 2.05) is 25.1 Å². The first-order valence-corrected chi connectivity index (χ1v) is 9.49. The van der Waals surface area contributed by atoms with Crippen LogP contribution in [0.5, 0.6) is 11.5 Å². The third-order valence-electron chi connectivity index (χ3n) is 4.18. The van der Waals surface area contributed by atoms with Crippen LogP contribution in [0.25, 0.3) is 0 Å². The maximum atomic E-state index is 12.9. The molecular formula is C22H23FN2O5. The molecule has 0 unspecified atom stereocenters. The van der Waals surface area contributed by atoms with Crippen molar-refractivity contribution in [3.8, 4) is 11.5 Å². The van der Waals surface area contributed by atoms with Crippen molar-refractivity contribution < 1.29 is 27.9 Å². The first kappa shape index (κ1) is 21.3. The van der Waals surface area contributed by atoms with Gasteiger partial charge in [-0.1, -0.05) is 31.1 Å². The third kappa shape index (κ3) is 6.04. The average molecular weight is 414 g/mol. The van der Waals surface area contributed by atoms with Crippen molar-refractivity contribution in [1.29, 1.82) is 0 Å². The van der Waals surface area contributed by atoms with Gasteiger partial charge in [0.05, 0.1) is 0 Å². The molecule has 0 spiro atoms. The minimum Gasteiger partial charge on any atom is -0.485 e. The van der Waals surface area contributed by atoms with E-state index in [0.717, 1.165) is 11.1 Å². The van der Waals surface area contributed by atoms with Gasteiger partial charge < -0.3 is 18.7 Å². The minimum absolute atomic E-state index is 0.0392. The van der Waals surface area contributed by atoms with Gasteiger partial charge in [0.2, 0.25) is 5.82 Å². The number of rotatable bonds is 9. The molecule has 0 aliphatic heterocycles. The standard InChI is InChI=1S/C22H23FN2O5/c1-14(2)18-9-4-15(3)10-19(18)28-13-22(26)29-12-21-24-20(25-30-21)11-27-17-7-5-16(23)6-8-17/h4-10,14H,11-13H2,1-3H3. The van der Waals surface area contributed by atoms with E-state index in [2.05, 4.69) is 24.0 Å². The van der Waals surface area contributed by atoms with Crippen LogP contribution in [0.3, 0.4) is 0 Å². The Labute approximate surface area is 173 Å². The highest BCUT2D eigenvalue weighted by atomic mass is 19.1. The van der Waals surface area contributed by atoms with Crippen LogP contribution in [-0.4, -0.2) is 22.7 Å². The summed E-state index contributed by atoms with van der Waals surface area (Å²) in [5.74, 6) is 0.933. The molecule has 0 saturated carbocycles. The van der Waals surface area contributed by atoms with Crippen molar-refractivity contribution in [2.24, 2.45) is 0 Å². The Morgan fingerprint density at radius 2 is 1.87 bits per heavy atom. The van der Waals surface area contributed by atoms with Gasteiger partial charge in [0.15, 0.2) is 19.8 Å². The van der Waals surface area contributed by atoms with Crippen molar-refractivity contribution in [1.82, 2.24) is 10.1 Å². The summed E-state index contributed by atoms with van der Waals surface area (Å²) in [4.78, 5) is 16.1. The van der Waals surface area contributed by atoms with E-state index in [9.17, 15) is 9.18 Å². The topological polar surface area (TPSA) is 83.7 Å². The Kier molecular flexibility index (Phi) is 7.00. The van der Waals surface area contributed by atoms with E-state index in [-0.39, 0.29) is 43.3 Å². The largest absolute Gasteiger partial charge is 0.485 e. The lowest BCUT2D eigenvalue weighted by molar-refractivity contribution is -0.148. The van der Waals surface area contributed by atoms with Crippen LogP contribution >= 0.6 is 0 Å². The summed E-state index contributed by atoms with van der Waals surface area (Å²) in [7, 11) is 0. The van der Waals surface area contributed by atoms with Gasteiger partial charge in [0.25, 0.3) is 5.89 Å². The number of hydrogen-bond donors (Lipinski definition) is 0. The quantitative estimate of drug-likeness (QED) is 0.482. The van der Waals surface area contributed by atoms with Gasteiger partial charge in [-0.25, -0.2) is 9.18 Å². The lowest BCUT2D eigenvalue weighted by Gasteiger charge is -2.14. The number of ether oxygens (including phenoxy) is 3. The van der Waals surface area contributed by atoms with Crippen LogP contribution in [-0.2, 0) is 22.7 Å². The van der Waals surface area contributed by atoms with Crippen molar-refractivity contribution in [2.45, 2.75) is 39.9 Å². The van der Waals surface area contributed by atoms with Gasteiger partial charge in [-0.15, -0.1) is 0 Å². The van der Waals surface area contributed by atoms with Gasteiger partial charge in [0.1, 0.15) is 17.3 Å². The molecule has 0 amide bonds. The zero-order valence-corrected chi connectivity index (χ0v) is 17.1. The van der Waals surface area contributed by atoms with Crippen LogP contribution in [0.4, 0.5) is 4.39 Å². The molecule has 0 radical (unpaired) electrons. The predicted molar refractivity (Wildman–Crippen MR) is 106 cm³/mol. The van der Waals surface area contributed by atoms with E-state index in [4.69, 9.17) is 18.7 Å². The molecule has 3 rings (SSSR count). The second-order valence-electron chi connectivity index (χ2n) is 6.99. The fourth-order valence-electron chi connectivity index (χ4n) is 2.65. The van der Waals surface area contributed by atoms with Crippen molar-refractivity contribution in [2.75, 3.05) is 6.61 Å². The molecule has 0 atom stereocenters. The molecule has 3 aromatic rings. The van der Waals surface area contributed by atoms with E-state index >= 15 is 0 Å². The zero-order chi connectivity index (χ0) is 21.5. The highest BCUT2D eigenvalue weighted by molar-refractivity contribution is 5.71. The molecule has 1 aromatic heterocycles. The second-order valence-corrected chi connectivity index (χ2v) is 6.99. The first-order valence-electron chi connectivity index (χ1n) is 9.49. The van der Waals surface area contributed by atoms with Gasteiger partial charge in [-0.3, -0.25) is 0 Å². The molecule has 8 heteroatoms. The van der Waals surface area contributed by atoms with Gasteiger partial charge >= 0.3 is 5.97 Å². The van der Waals surface area contributed by atoms with Gasteiger partial charge in [-0.2, -0.15) is 4.98 Å². The van der Waals surface area contributed by atoms with E-state index in [0.29, 0.717) is 11.5 Å². The second kappa shape index (κ2) is 9.87. The summed E-state index contributed by atoms with van der Waals surface area (Å²) in [6.45, 7) is 5.72. The number of aryl methyl sites for hydroxylation is 1. The summed E-state index contributed by atoms with van der Waals surface area (Å²) in [5, 5.41) is 3.75. The third-order valence-corrected chi connectivity index (χ3v) is 4.18. The van der Waals surface area contributed by atoms with Crippen LogP contribution in [0, 0.1) is 12.7 Å². The maximum Gasteiger partial charge on any atom is 0.344 e. The molecule has 158 valence electrons. The minimum atomic E-state index is -0.548. The lowest BCUT2D eigenvalue weighted by Crippen LogP contribution is -2.15. The molecule has 0 saturated heterocycles. The van der Waals surface area contributed by atoms with Crippen molar-refractivity contribution >= 4 is 5.97 Å². The number of hydrogen-bond acceptors (Lipinski definition) is 7. The van der Waals surface area contributed by atoms with Crippen LogP contribution in [0.2, 0.25) is 0 Å². The average Bonchev–Trinajstić information content (AvgIpc) is 3.18. The number of halogens is 1. The Hall–Kier alpha value is -3.42. The fourth-order valence-corrected chi connectivity index (χ4v) is 2.65. The Morgan fingerprint density at radius 1 is 1.10 bits per heavy atom. The molecule has 7 nitrogen and oxygen atoms in total. The van der Waals surface area contributed by atoms with E-state index in [1.165, 1.54) is 24.3 Å². The van der Waals surface area contributed by atoms with Gasteiger partial charge in [0, 0.05) is 0 Å². The Morgan fingerprint density at radius 3 is 2.60 bits per heavy atom. The van der Waals surface area contributed by atoms with Gasteiger partial charge in [-0.05, 0) is 54.3 Å². The molecule has 0 fully saturated rings. The molecule has 0 bridgehead atoms. The maximum absolute atomic E-state index is 12.9. The molecule has 1 heterocycles. The number of carbonyl (C=O) groups excluding carboxylic acids is 1. The first-order chi connectivity index (χ1) is 14.4. The van der Waals surface area contributed by atoms with Crippen molar-refractivity contribution in [3.63, 3.8) is 0 Å². The summed E-state index contributed by atoms with van der Waals surface area (Å²) in [6.07, 6.45) is 0. The van der Waals surface area contributed by atoms with Crippen LogP contribution in [0.1, 0.15) is 42.6 Å². The van der Waals surface area contributed by atoms with Crippen LogP contribution in [0.15, 0.2) is 47.0 Å². The van der Waals surface area contributed by atoms with Crippen LogP contribution < -0.4 is 9.47 Å². The summed E-state index contributed by atoms with van der Waals surface area (Å²) in [5.41, 5.74) is 2.07. The molecule has 0 N–H and O–H groups in total. The number of nitrogens with zero attached hydrogens (tertiary/aromatic N) is 2. The number of carbonyl (C=O) groups is 1. The smallest absolute Gasteiger partial charge is 0.344 e. The van der Waals surface area contributed by atoms with E-state index in [1.54, 1.807) is 0 Å². The van der Waals surface area contributed by atoms with E-state index < -0.39 is 5.97 Å². The Bertz CT molecular complexity index is 985. The monoisotopic (exact) mass is 414 g/mol. The lowest BCUT2D eigenvalue weighted by atomic mass is 10.0. The highest BCUT2D eigenvalue weighted by Crippen LogP contribution is 2.27. The zero-order valence-electron chi connectivity index (χ0n) is 17.1. The number of benzene rings is 2. The highest BCUT2D eigenvalue weighted by Gasteiger charge is 2.13. The predicted octanol–water partition coefficient (Wildman–Crippen LogP) is 4.34. The summed E-state index contributed by atoms with van der Waals surface area (Å²) < 4.78 is 34.1. The molecule has 0 aliphatic carbocycles. The summed E-state index contributed by atoms with van der Waals surface area (Å²) >= 11 is 0. The van der Waals surface area contributed by atoms with Crippen molar-refractivity contribution in [3.05, 3.63) is 71.1 Å². The Balaban J connectivity index is 1.45. The number of esters is 1.